The van der Waals surface area contributed by atoms with Gasteiger partial charge in [0.05, 0.1) is 6.10 Å². The van der Waals surface area contributed by atoms with Gasteiger partial charge in [0.25, 0.3) is 0 Å². The van der Waals surface area contributed by atoms with Crippen LogP contribution in [0.25, 0.3) is 6.08 Å². The molecule has 1 heterocycles. The van der Waals surface area contributed by atoms with Crippen LogP contribution in [-0.2, 0) is 19.1 Å². The normalized spacial score (nSPS) is 31.9. The molecule has 1 aromatic carbocycles. The minimum Gasteiger partial charge on any atom is -0.504 e. The van der Waals surface area contributed by atoms with E-state index >= 15 is 0 Å². The summed E-state index contributed by atoms with van der Waals surface area (Å²) in [5.41, 5.74) is -1.26. The fourth-order valence-corrected chi connectivity index (χ4v) is 2.90. The molecule has 4 N–H and O–H groups in total. The molecule has 3 rings (SSSR count). The number of carbonyl (C=O) groups excluding carboxylic acids is 2. The second-order valence-corrected chi connectivity index (χ2v) is 5.93. The average molecular weight is 336 g/mol. The van der Waals surface area contributed by atoms with E-state index in [1.54, 1.807) is 0 Å². The highest BCUT2D eigenvalue weighted by molar-refractivity contribution is 5.87. The molecule has 8 heteroatoms. The fraction of sp³-hybridized carbons (Fsp3) is 0.375. The molecule has 1 saturated carbocycles. The zero-order valence-electron chi connectivity index (χ0n) is 12.5. The quantitative estimate of drug-likeness (QED) is 0.340. The smallest absolute Gasteiger partial charge is 0.338 e. The van der Waals surface area contributed by atoms with Crippen LogP contribution in [-0.4, -0.2) is 56.3 Å². The second-order valence-electron chi connectivity index (χ2n) is 5.93. The third-order valence-corrected chi connectivity index (χ3v) is 4.13. The summed E-state index contributed by atoms with van der Waals surface area (Å²) in [5, 5.41) is 38.5. The Labute approximate surface area is 136 Å². The first-order valence-electron chi connectivity index (χ1n) is 7.31. The minimum atomic E-state index is -1.72. The maximum atomic E-state index is 11.9. The van der Waals surface area contributed by atoms with Gasteiger partial charge in [0.1, 0.15) is 6.10 Å². The predicted molar refractivity (Wildman–Crippen MR) is 78.8 cm³/mol. The van der Waals surface area contributed by atoms with E-state index in [-0.39, 0.29) is 24.3 Å². The van der Waals surface area contributed by atoms with E-state index in [0.717, 1.165) is 6.08 Å². The lowest BCUT2D eigenvalue weighted by atomic mass is 9.82. The summed E-state index contributed by atoms with van der Waals surface area (Å²) in [5.74, 6) is -2.21. The Morgan fingerprint density at radius 1 is 1.29 bits per heavy atom. The summed E-state index contributed by atoms with van der Waals surface area (Å²) in [6.45, 7) is 0. The van der Waals surface area contributed by atoms with Gasteiger partial charge in [-0.2, -0.15) is 0 Å². The molecule has 0 radical (unpaired) electrons. The molecule has 1 saturated heterocycles. The summed E-state index contributed by atoms with van der Waals surface area (Å²) in [4.78, 5) is 23.4. The Morgan fingerprint density at radius 3 is 2.75 bits per heavy atom. The number of aromatic hydroxyl groups is 2. The van der Waals surface area contributed by atoms with Gasteiger partial charge in [-0.3, -0.25) is 0 Å². The van der Waals surface area contributed by atoms with Crippen LogP contribution in [0, 0.1) is 0 Å². The standard InChI is InChI=1S/C16H16O8/c17-9-3-1-8(5-10(9)18)2-4-13(20)24-14-11(19)6-16(22)7-12(14)23-15(16)21/h1-5,11-12,14,17-19,22H,6-7H2/t11?,12?,14-,16+/m1/s1. The summed E-state index contributed by atoms with van der Waals surface area (Å²) in [6, 6.07) is 4.00. The van der Waals surface area contributed by atoms with Gasteiger partial charge in [0.15, 0.2) is 23.2 Å². The van der Waals surface area contributed by atoms with Gasteiger partial charge in [-0.25, -0.2) is 9.59 Å². The zero-order valence-corrected chi connectivity index (χ0v) is 12.5. The van der Waals surface area contributed by atoms with Gasteiger partial charge < -0.3 is 29.9 Å². The van der Waals surface area contributed by atoms with Gasteiger partial charge in [-0.05, 0) is 23.8 Å². The van der Waals surface area contributed by atoms with E-state index in [4.69, 9.17) is 9.47 Å². The fourth-order valence-electron chi connectivity index (χ4n) is 2.90. The molecular formula is C16H16O8. The van der Waals surface area contributed by atoms with Gasteiger partial charge >= 0.3 is 11.9 Å². The first-order valence-corrected chi connectivity index (χ1v) is 7.31. The topological polar surface area (TPSA) is 134 Å². The molecule has 2 unspecified atom stereocenters. The number of benzene rings is 1. The van der Waals surface area contributed by atoms with Crippen molar-refractivity contribution >= 4 is 18.0 Å². The Kier molecular flexibility index (Phi) is 3.94. The molecule has 2 bridgehead atoms. The number of fused-ring (bicyclic) bond motifs is 2. The van der Waals surface area contributed by atoms with Crippen molar-refractivity contribution in [3.05, 3.63) is 29.8 Å². The molecule has 24 heavy (non-hydrogen) atoms. The van der Waals surface area contributed by atoms with E-state index in [2.05, 4.69) is 0 Å². The van der Waals surface area contributed by atoms with E-state index in [1.807, 2.05) is 0 Å². The van der Waals surface area contributed by atoms with Crippen molar-refractivity contribution in [3.8, 4) is 11.5 Å². The third-order valence-electron chi connectivity index (χ3n) is 4.13. The highest BCUT2D eigenvalue weighted by atomic mass is 16.6. The van der Waals surface area contributed by atoms with Crippen molar-refractivity contribution in [2.45, 2.75) is 36.8 Å². The van der Waals surface area contributed by atoms with E-state index in [9.17, 15) is 30.0 Å². The molecule has 0 spiro atoms. The number of hydrogen-bond donors (Lipinski definition) is 4. The Hall–Kier alpha value is -2.58. The number of phenols is 2. The van der Waals surface area contributed by atoms with Crippen LogP contribution < -0.4 is 0 Å². The Bertz CT molecular complexity index is 712. The van der Waals surface area contributed by atoms with Crippen LogP contribution in [0.2, 0.25) is 0 Å². The van der Waals surface area contributed by atoms with E-state index in [1.165, 1.54) is 24.3 Å². The van der Waals surface area contributed by atoms with Crippen molar-refractivity contribution < 1.29 is 39.5 Å². The second kappa shape index (κ2) is 5.81. The average Bonchev–Trinajstić information content (AvgIpc) is 2.76. The molecule has 1 aliphatic carbocycles. The molecule has 8 nitrogen and oxygen atoms in total. The molecule has 1 aliphatic heterocycles. The van der Waals surface area contributed by atoms with Gasteiger partial charge in [-0.1, -0.05) is 6.07 Å². The number of aliphatic hydroxyl groups is 2. The third kappa shape index (κ3) is 2.93. The lowest BCUT2D eigenvalue weighted by molar-refractivity contribution is -0.165. The number of carbonyl (C=O) groups is 2. The summed E-state index contributed by atoms with van der Waals surface area (Å²) < 4.78 is 10.1. The lowest BCUT2D eigenvalue weighted by Crippen LogP contribution is -2.50. The van der Waals surface area contributed by atoms with Crippen molar-refractivity contribution in [1.29, 1.82) is 0 Å². The van der Waals surface area contributed by atoms with Gasteiger partial charge in [0.2, 0.25) is 0 Å². The zero-order chi connectivity index (χ0) is 17.5. The van der Waals surface area contributed by atoms with Gasteiger partial charge in [0, 0.05) is 18.9 Å². The highest BCUT2D eigenvalue weighted by Gasteiger charge is 2.58. The maximum Gasteiger partial charge on any atom is 0.338 e. The minimum absolute atomic E-state index is 0.0314. The van der Waals surface area contributed by atoms with Gasteiger partial charge in [-0.15, -0.1) is 0 Å². The van der Waals surface area contributed by atoms with Crippen LogP contribution in [0.4, 0.5) is 0 Å². The van der Waals surface area contributed by atoms with Crippen molar-refractivity contribution in [3.63, 3.8) is 0 Å². The van der Waals surface area contributed by atoms with Crippen LogP contribution in [0.15, 0.2) is 24.3 Å². The number of esters is 2. The van der Waals surface area contributed by atoms with Crippen LogP contribution >= 0.6 is 0 Å². The summed E-state index contributed by atoms with van der Waals surface area (Å²) >= 11 is 0. The summed E-state index contributed by atoms with van der Waals surface area (Å²) in [6.07, 6.45) is -1.01. The molecule has 4 atom stereocenters. The molecule has 128 valence electrons. The first-order chi connectivity index (χ1) is 11.3. The lowest BCUT2D eigenvalue weighted by Gasteiger charge is -2.32. The van der Waals surface area contributed by atoms with Crippen LogP contribution in [0.5, 0.6) is 11.5 Å². The van der Waals surface area contributed by atoms with Crippen molar-refractivity contribution in [1.82, 2.24) is 0 Å². The molecule has 0 aromatic heterocycles. The number of aliphatic hydroxyl groups excluding tert-OH is 1. The number of rotatable bonds is 3. The Morgan fingerprint density at radius 2 is 2.04 bits per heavy atom. The monoisotopic (exact) mass is 336 g/mol. The first kappa shape index (κ1) is 16.3. The molecule has 2 fully saturated rings. The molecule has 0 amide bonds. The molecule has 1 aromatic rings. The van der Waals surface area contributed by atoms with Crippen LogP contribution in [0.1, 0.15) is 18.4 Å². The molecular weight excluding hydrogens is 320 g/mol. The largest absolute Gasteiger partial charge is 0.504 e. The Balaban J connectivity index is 1.65. The van der Waals surface area contributed by atoms with Crippen LogP contribution in [0.3, 0.4) is 0 Å². The number of hydrogen-bond acceptors (Lipinski definition) is 8. The summed E-state index contributed by atoms with van der Waals surface area (Å²) in [7, 11) is 0. The van der Waals surface area contributed by atoms with Crippen molar-refractivity contribution in [2.24, 2.45) is 0 Å². The van der Waals surface area contributed by atoms with Crippen molar-refractivity contribution in [2.75, 3.05) is 0 Å². The number of phenolic OH excluding ortho intramolecular Hbond substituents is 2. The number of ether oxygens (including phenoxy) is 2. The molecule has 2 aliphatic rings. The highest BCUT2D eigenvalue weighted by Crippen LogP contribution is 2.39. The predicted octanol–water partition coefficient (Wildman–Crippen LogP) is -0.166. The van der Waals surface area contributed by atoms with E-state index < -0.39 is 35.9 Å². The van der Waals surface area contributed by atoms with E-state index in [0.29, 0.717) is 5.56 Å². The maximum absolute atomic E-state index is 11.9. The SMILES string of the molecule is O=C(C=Cc1ccc(O)c(O)c1)O[C@@H]1C(O)C[C@]2(O)CC1OC2=O.